The van der Waals surface area contributed by atoms with E-state index in [1.54, 1.807) is 0 Å². The number of rotatable bonds is 8. The van der Waals surface area contributed by atoms with E-state index < -0.39 is 0 Å². The molecule has 3 aromatic rings. The maximum Gasteiger partial charge on any atom is 0.254 e. The number of unbranched alkanes of at least 4 members (excludes halogenated alkanes) is 3. The van der Waals surface area contributed by atoms with Crippen LogP contribution in [0.5, 0.6) is 0 Å². The molecule has 1 unspecified atom stereocenters. The highest BCUT2D eigenvalue weighted by molar-refractivity contribution is 5.94. The summed E-state index contributed by atoms with van der Waals surface area (Å²) < 4.78 is 5.59. The smallest absolute Gasteiger partial charge is 0.254 e. The Kier molecular flexibility index (Phi) is 6.80. The van der Waals surface area contributed by atoms with Crippen molar-refractivity contribution >= 4 is 5.91 Å². The molecular weight excluding hydrogens is 386 g/mol. The third-order valence-corrected chi connectivity index (χ3v) is 6.04. The summed E-state index contributed by atoms with van der Waals surface area (Å²) in [5.41, 5.74) is 4.10. The largest absolute Gasteiger partial charge is 0.337 e. The molecule has 5 nitrogen and oxygen atoms in total. The van der Waals surface area contributed by atoms with E-state index in [2.05, 4.69) is 29.2 Å². The van der Waals surface area contributed by atoms with E-state index in [0.29, 0.717) is 18.3 Å². The quantitative estimate of drug-likeness (QED) is 0.413. The lowest BCUT2D eigenvalue weighted by atomic mass is 10.0. The number of carbonyl (C=O) groups excluding carboxylic acids is 1. The molecule has 0 spiro atoms. The summed E-state index contributed by atoms with van der Waals surface area (Å²) >= 11 is 0. The second-order valence-corrected chi connectivity index (χ2v) is 8.49. The average molecular weight is 418 g/mol. The Balaban J connectivity index is 1.44. The molecule has 0 radical (unpaired) electrons. The number of hydrogen-bond acceptors (Lipinski definition) is 4. The van der Waals surface area contributed by atoms with Gasteiger partial charge < -0.3 is 9.42 Å². The minimum absolute atomic E-state index is 0.0374. The lowest BCUT2D eigenvalue weighted by Gasteiger charge is -2.22. The van der Waals surface area contributed by atoms with Crippen molar-refractivity contribution in [1.82, 2.24) is 15.0 Å². The van der Waals surface area contributed by atoms with E-state index >= 15 is 0 Å². The van der Waals surface area contributed by atoms with E-state index in [1.165, 1.54) is 31.2 Å². The van der Waals surface area contributed by atoms with Crippen LogP contribution in [0, 0.1) is 6.92 Å². The summed E-state index contributed by atoms with van der Waals surface area (Å²) in [5.74, 6) is 1.13. The van der Waals surface area contributed by atoms with Crippen LogP contribution in [0.15, 0.2) is 53.1 Å². The Bertz CT molecular complexity index is 1010. The van der Waals surface area contributed by atoms with Gasteiger partial charge in [-0.15, -0.1) is 0 Å². The molecule has 2 aromatic carbocycles. The Labute approximate surface area is 184 Å². The third kappa shape index (κ3) is 5.04. The number of nitrogens with zero attached hydrogens (tertiary/aromatic N) is 3. The van der Waals surface area contributed by atoms with Crippen LogP contribution in [-0.4, -0.2) is 27.5 Å². The van der Waals surface area contributed by atoms with E-state index in [0.717, 1.165) is 36.0 Å². The van der Waals surface area contributed by atoms with Gasteiger partial charge in [-0.25, -0.2) is 0 Å². The van der Waals surface area contributed by atoms with Crippen LogP contribution in [0.1, 0.15) is 78.9 Å². The second kappa shape index (κ2) is 9.90. The van der Waals surface area contributed by atoms with Crippen molar-refractivity contribution in [2.24, 2.45) is 0 Å². The standard InChI is InChI=1S/C26H31N3O2/c1-3-4-5-6-10-20-13-15-21(16-14-20)26(30)29-17-8-12-23(29)25-27-24(28-31-25)22-11-7-9-19(2)18-22/h7,9,11,13-16,18,23H,3-6,8,10,12,17H2,1-2H3. The molecule has 2 heterocycles. The second-order valence-electron chi connectivity index (χ2n) is 8.49. The first-order valence-electron chi connectivity index (χ1n) is 11.5. The van der Waals surface area contributed by atoms with E-state index in [9.17, 15) is 4.79 Å². The van der Waals surface area contributed by atoms with Gasteiger partial charge in [0, 0.05) is 17.7 Å². The molecule has 0 bridgehead atoms. The SMILES string of the molecule is CCCCCCc1ccc(C(=O)N2CCCC2c2nc(-c3cccc(C)c3)no2)cc1. The average Bonchev–Trinajstić information content (AvgIpc) is 3.46. The predicted octanol–water partition coefficient (Wildman–Crippen LogP) is 6.15. The van der Waals surface area contributed by atoms with Crippen molar-refractivity contribution in [3.8, 4) is 11.4 Å². The maximum absolute atomic E-state index is 13.2. The van der Waals surface area contributed by atoms with Gasteiger partial charge in [0.15, 0.2) is 0 Å². The van der Waals surface area contributed by atoms with Crippen LogP contribution < -0.4 is 0 Å². The summed E-state index contributed by atoms with van der Waals surface area (Å²) in [6.45, 7) is 4.98. The molecule has 1 atom stereocenters. The molecule has 1 fully saturated rings. The van der Waals surface area contributed by atoms with Crippen molar-refractivity contribution in [3.63, 3.8) is 0 Å². The van der Waals surface area contributed by atoms with Gasteiger partial charge in [-0.2, -0.15) is 4.98 Å². The zero-order valence-corrected chi connectivity index (χ0v) is 18.5. The van der Waals surface area contributed by atoms with Crippen LogP contribution in [0.4, 0.5) is 0 Å². The molecule has 0 N–H and O–H groups in total. The van der Waals surface area contributed by atoms with Gasteiger partial charge >= 0.3 is 0 Å². The minimum atomic E-state index is -0.160. The maximum atomic E-state index is 13.2. The molecule has 31 heavy (non-hydrogen) atoms. The molecule has 162 valence electrons. The van der Waals surface area contributed by atoms with Crippen molar-refractivity contribution in [3.05, 3.63) is 71.1 Å². The molecule has 1 amide bonds. The summed E-state index contributed by atoms with van der Waals surface area (Å²) in [4.78, 5) is 19.7. The molecule has 1 saturated heterocycles. The minimum Gasteiger partial charge on any atom is -0.337 e. The molecule has 4 rings (SSSR count). The van der Waals surface area contributed by atoms with Crippen LogP contribution in [0.25, 0.3) is 11.4 Å². The first-order valence-corrected chi connectivity index (χ1v) is 11.5. The van der Waals surface area contributed by atoms with Crippen molar-refractivity contribution in [2.75, 3.05) is 6.54 Å². The first kappa shape index (κ1) is 21.3. The number of hydrogen-bond donors (Lipinski definition) is 0. The fraction of sp³-hybridized carbons (Fsp3) is 0.423. The van der Waals surface area contributed by atoms with Crippen molar-refractivity contribution < 1.29 is 9.32 Å². The highest BCUT2D eigenvalue weighted by atomic mass is 16.5. The third-order valence-electron chi connectivity index (χ3n) is 6.04. The molecule has 0 aliphatic carbocycles. The van der Waals surface area contributed by atoms with Gasteiger partial charge in [0.25, 0.3) is 5.91 Å². The van der Waals surface area contributed by atoms with Gasteiger partial charge in [-0.3, -0.25) is 4.79 Å². The van der Waals surface area contributed by atoms with Gasteiger partial charge in [-0.05, 0) is 56.4 Å². The zero-order chi connectivity index (χ0) is 21.6. The molecule has 1 aliphatic heterocycles. The normalized spacial score (nSPS) is 16.1. The summed E-state index contributed by atoms with van der Waals surface area (Å²) in [6, 6.07) is 16.0. The van der Waals surface area contributed by atoms with Gasteiger partial charge in [0.1, 0.15) is 6.04 Å². The fourth-order valence-electron chi connectivity index (χ4n) is 4.27. The number of carbonyl (C=O) groups is 1. The van der Waals surface area contributed by atoms with E-state index in [4.69, 9.17) is 4.52 Å². The molecule has 1 aromatic heterocycles. The molecule has 1 aliphatic rings. The Morgan fingerprint density at radius 2 is 1.97 bits per heavy atom. The zero-order valence-electron chi connectivity index (χ0n) is 18.5. The highest BCUT2D eigenvalue weighted by Crippen LogP contribution is 2.33. The number of likely N-dealkylation sites (tertiary alicyclic amines) is 1. The van der Waals surface area contributed by atoms with E-state index in [1.807, 2.05) is 48.2 Å². The van der Waals surface area contributed by atoms with E-state index in [-0.39, 0.29) is 11.9 Å². The lowest BCUT2D eigenvalue weighted by molar-refractivity contribution is 0.0710. The fourth-order valence-corrected chi connectivity index (χ4v) is 4.27. The van der Waals surface area contributed by atoms with Crippen LogP contribution in [-0.2, 0) is 6.42 Å². The van der Waals surface area contributed by atoms with Crippen molar-refractivity contribution in [2.45, 2.75) is 64.8 Å². The summed E-state index contributed by atoms with van der Waals surface area (Å²) in [7, 11) is 0. The van der Waals surface area contributed by atoms with Gasteiger partial charge in [-0.1, -0.05) is 67.2 Å². The molecular formula is C26H31N3O2. The van der Waals surface area contributed by atoms with Crippen LogP contribution in [0.3, 0.4) is 0 Å². The van der Waals surface area contributed by atoms with Crippen LogP contribution in [0.2, 0.25) is 0 Å². The summed E-state index contributed by atoms with van der Waals surface area (Å²) in [5, 5.41) is 4.17. The topological polar surface area (TPSA) is 59.2 Å². The van der Waals surface area contributed by atoms with Gasteiger partial charge in [0.05, 0.1) is 0 Å². The molecule has 5 heteroatoms. The lowest BCUT2D eigenvalue weighted by Crippen LogP contribution is -2.30. The predicted molar refractivity (Wildman–Crippen MR) is 122 cm³/mol. The van der Waals surface area contributed by atoms with Crippen LogP contribution >= 0.6 is 0 Å². The Morgan fingerprint density at radius 1 is 1.13 bits per heavy atom. The summed E-state index contributed by atoms with van der Waals surface area (Å²) in [6.07, 6.45) is 7.86. The van der Waals surface area contributed by atoms with Gasteiger partial charge in [0.2, 0.25) is 11.7 Å². The molecule has 0 saturated carbocycles. The Morgan fingerprint density at radius 3 is 2.74 bits per heavy atom. The van der Waals surface area contributed by atoms with Crippen molar-refractivity contribution in [1.29, 1.82) is 0 Å². The number of benzene rings is 2. The highest BCUT2D eigenvalue weighted by Gasteiger charge is 2.34. The first-order chi connectivity index (χ1) is 15.2. The number of amides is 1. The number of aromatic nitrogens is 2. The number of aryl methyl sites for hydroxylation is 2. The monoisotopic (exact) mass is 417 g/mol. The Hall–Kier alpha value is -2.95.